The van der Waals surface area contributed by atoms with E-state index in [-0.39, 0.29) is 11.8 Å². The van der Waals surface area contributed by atoms with Crippen molar-refractivity contribution < 1.29 is 19.1 Å². The molecule has 2 aliphatic rings. The Morgan fingerprint density at radius 3 is 2.36 bits per heavy atom. The molecule has 7 nitrogen and oxygen atoms in total. The standard InChI is InChI=1S/C21H31N3O4/c1-18-4-2-5-19(16-18)28-13-3-6-20(25)23-7-9-24(10-8-23)21(26)17-22-11-14-27-15-12-22/h2,4-5,16H,3,6-15,17H2,1H3. The quantitative estimate of drug-likeness (QED) is 0.655. The minimum atomic E-state index is 0.146. The largest absolute Gasteiger partial charge is 0.494 e. The van der Waals surface area contributed by atoms with E-state index in [4.69, 9.17) is 9.47 Å². The first-order valence-corrected chi connectivity index (χ1v) is 10.2. The van der Waals surface area contributed by atoms with Crippen molar-refractivity contribution in [2.45, 2.75) is 19.8 Å². The highest BCUT2D eigenvalue weighted by molar-refractivity contribution is 5.79. The number of hydrogen-bond acceptors (Lipinski definition) is 5. The lowest BCUT2D eigenvalue weighted by Gasteiger charge is -2.36. The topological polar surface area (TPSA) is 62.3 Å². The maximum Gasteiger partial charge on any atom is 0.236 e. The summed E-state index contributed by atoms with van der Waals surface area (Å²) in [6.45, 7) is 8.51. The molecule has 0 bridgehead atoms. The van der Waals surface area contributed by atoms with E-state index in [9.17, 15) is 9.59 Å². The van der Waals surface area contributed by atoms with Gasteiger partial charge in [0.15, 0.2) is 0 Å². The van der Waals surface area contributed by atoms with Crippen LogP contribution < -0.4 is 4.74 Å². The minimum Gasteiger partial charge on any atom is -0.494 e. The number of aryl methyl sites for hydroxylation is 1. The number of carbonyl (C=O) groups is 2. The van der Waals surface area contributed by atoms with Crippen LogP contribution in [-0.4, -0.2) is 92.1 Å². The first kappa shape index (κ1) is 20.6. The Kier molecular flexibility index (Phi) is 7.68. The molecule has 0 N–H and O–H groups in total. The van der Waals surface area contributed by atoms with Crippen LogP contribution >= 0.6 is 0 Å². The number of rotatable bonds is 7. The van der Waals surface area contributed by atoms with Crippen molar-refractivity contribution in [2.75, 3.05) is 65.6 Å². The molecule has 1 aromatic carbocycles. The van der Waals surface area contributed by atoms with Crippen LogP contribution in [0.4, 0.5) is 0 Å². The number of amides is 2. The van der Waals surface area contributed by atoms with Gasteiger partial charge in [0.05, 0.1) is 26.4 Å². The molecule has 154 valence electrons. The molecule has 0 spiro atoms. The SMILES string of the molecule is Cc1cccc(OCCCC(=O)N2CCN(C(=O)CN3CCOCC3)CC2)c1. The molecule has 2 amide bonds. The summed E-state index contributed by atoms with van der Waals surface area (Å²) in [7, 11) is 0. The van der Waals surface area contributed by atoms with Crippen LogP contribution in [0.25, 0.3) is 0 Å². The van der Waals surface area contributed by atoms with Crippen LogP contribution in [0.2, 0.25) is 0 Å². The van der Waals surface area contributed by atoms with E-state index in [1.165, 1.54) is 0 Å². The van der Waals surface area contributed by atoms with Gasteiger partial charge in [-0.05, 0) is 31.0 Å². The zero-order chi connectivity index (χ0) is 19.8. The zero-order valence-electron chi connectivity index (χ0n) is 16.8. The number of morpholine rings is 1. The molecule has 2 heterocycles. The van der Waals surface area contributed by atoms with Gasteiger partial charge >= 0.3 is 0 Å². The molecule has 0 unspecified atom stereocenters. The predicted octanol–water partition coefficient (Wildman–Crippen LogP) is 1.16. The Hall–Kier alpha value is -2.12. The van der Waals surface area contributed by atoms with Gasteiger partial charge in [-0.2, -0.15) is 0 Å². The normalized spacial score (nSPS) is 18.2. The summed E-state index contributed by atoms with van der Waals surface area (Å²) in [5.74, 6) is 1.15. The second-order valence-corrected chi connectivity index (χ2v) is 7.42. The molecule has 2 saturated heterocycles. The van der Waals surface area contributed by atoms with Gasteiger partial charge in [0.2, 0.25) is 11.8 Å². The van der Waals surface area contributed by atoms with Crippen molar-refractivity contribution in [1.82, 2.24) is 14.7 Å². The smallest absolute Gasteiger partial charge is 0.236 e. The van der Waals surface area contributed by atoms with Crippen molar-refractivity contribution in [1.29, 1.82) is 0 Å². The Balaban J connectivity index is 1.31. The van der Waals surface area contributed by atoms with Gasteiger partial charge in [0, 0.05) is 45.7 Å². The highest BCUT2D eigenvalue weighted by Crippen LogP contribution is 2.13. The summed E-state index contributed by atoms with van der Waals surface area (Å²) in [4.78, 5) is 30.7. The number of hydrogen-bond donors (Lipinski definition) is 0. The average molecular weight is 389 g/mol. The molecule has 1 aromatic rings. The Morgan fingerprint density at radius 1 is 1.00 bits per heavy atom. The maximum atomic E-state index is 12.4. The van der Waals surface area contributed by atoms with E-state index >= 15 is 0 Å². The monoisotopic (exact) mass is 389 g/mol. The Labute approximate surface area is 167 Å². The van der Waals surface area contributed by atoms with E-state index in [2.05, 4.69) is 4.90 Å². The zero-order valence-corrected chi connectivity index (χ0v) is 16.8. The van der Waals surface area contributed by atoms with Crippen molar-refractivity contribution in [3.63, 3.8) is 0 Å². The fraction of sp³-hybridized carbons (Fsp3) is 0.619. The minimum absolute atomic E-state index is 0.146. The van der Waals surface area contributed by atoms with Gasteiger partial charge in [-0.25, -0.2) is 0 Å². The average Bonchev–Trinajstić information content (AvgIpc) is 2.72. The molecule has 0 saturated carbocycles. The first-order valence-electron chi connectivity index (χ1n) is 10.2. The number of carbonyl (C=O) groups excluding carboxylic acids is 2. The van der Waals surface area contributed by atoms with Crippen LogP contribution in [0.5, 0.6) is 5.75 Å². The fourth-order valence-electron chi connectivity index (χ4n) is 3.53. The second kappa shape index (κ2) is 10.4. The van der Waals surface area contributed by atoms with Gasteiger partial charge in [-0.1, -0.05) is 12.1 Å². The molecule has 28 heavy (non-hydrogen) atoms. The van der Waals surface area contributed by atoms with Crippen molar-refractivity contribution >= 4 is 11.8 Å². The lowest BCUT2D eigenvalue weighted by atomic mass is 10.2. The van der Waals surface area contributed by atoms with Gasteiger partial charge in [-0.3, -0.25) is 14.5 Å². The molecule has 0 aromatic heterocycles. The third-order valence-corrected chi connectivity index (χ3v) is 5.24. The molecule has 0 radical (unpaired) electrons. The summed E-state index contributed by atoms with van der Waals surface area (Å²) in [6, 6.07) is 7.92. The van der Waals surface area contributed by atoms with E-state index in [1.54, 1.807) is 0 Å². The maximum absolute atomic E-state index is 12.4. The molecular formula is C21H31N3O4. The van der Waals surface area contributed by atoms with Crippen molar-refractivity contribution in [3.05, 3.63) is 29.8 Å². The third-order valence-electron chi connectivity index (χ3n) is 5.24. The van der Waals surface area contributed by atoms with Crippen LogP contribution in [0, 0.1) is 6.92 Å². The van der Waals surface area contributed by atoms with E-state index in [1.807, 2.05) is 41.0 Å². The Bertz CT molecular complexity index is 653. The number of ether oxygens (including phenoxy) is 2. The summed E-state index contributed by atoms with van der Waals surface area (Å²) in [6.07, 6.45) is 1.18. The summed E-state index contributed by atoms with van der Waals surface area (Å²) >= 11 is 0. The highest BCUT2D eigenvalue weighted by atomic mass is 16.5. The van der Waals surface area contributed by atoms with E-state index in [0.717, 1.165) is 24.4 Å². The molecule has 0 atom stereocenters. The molecule has 2 aliphatic heterocycles. The highest BCUT2D eigenvalue weighted by Gasteiger charge is 2.25. The summed E-state index contributed by atoms with van der Waals surface area (Å²) < 4.78 is 11.0. The first-order chi connectivity index (χ1) is 13.6. The van der Waals surface area contributed by atoms with Gasteiger partial charge in [0.25, 0.3) is 0 Å². The van der Waals surface area contributed by atoms with Gasteiger partial charge < -0.3 is 19.3 Å². The van der Waals surface area contributed by atoms with Gasteiger partial charge in [-0.15, -0.1) is 0 Å². The molecular weight excluding hydrogens is 358 g/mol. The molecule has 2 fully saturated rings. The summed E-state index contributed by atoms with van der Waals surface area (Å²) in [5.41, 5.74) is 1.16. The number of piperazine rings is 1. The molecule has 3 rings (SSSR count). The predicted molar refractivity (Wildman–Crippen MR) is 106 cm³/mol. The number of nitrogens with zero attached hydrogens (tertiary/aromatic N) is 3. The molecule has 7 heteroatoms. The second-order valence-electron chi connectivity index (χ2n) is 7.42. The molecule has 0 aliphatic carbocycles. The van der Waals surface area contributed by atoms with Crippen LogP contribution in [-0.2, 0) is 14.3 Å². The number of benzene rings is 1. The third kappa shape index (κ3) is 6.21. The van der Waals surface area contributed by atoms with Crippen LogP contribution in [0.1, 0.15) is 18.4 Å². The van der Waals surface area contributed by atoms with Crippen molar-refractivity contribution in [3.8, 4) is 5.75 Å². The van der Waals surface area contributed by atoms with E-state index in [0.29, 0.717) is 65.4 Å². The van der Waals surface area contributed by atoms with Gasteiger partial charge in [0.1, 0.15) is 5.75 Å². The lowest BCUT2D eigenvalue weighted by Crippen LogP contribution is -2.53. The van der Waals surface area contributed by atoms with Crippen LogP contribution in [0.3, 0.4) is 0 Å². The lowest BCUT2D eigenvalue weighted by molar-refractivity contribution is -0.140. The van der Waals surface area contributed by atoms with Crippen molar-refractivity contribution in [2.24, 2.45) is 0 Å². The van der Waals surface area contributed by atoms with E-state index < -0.39 is 0 Å². The summed E-state index contributed by atoms with van der Waals surface area (Å²) in [5, 5.41) is 0. The fourth-order valence-corrected chi connectivity index (χ4v) is 3.53. The van der Waals surface area contributed by atoms with Crippen LogP contribution in [0.15, 0.2) is 24.3 Å². The Morgan fingerprint density at radius 2 is 1.68 bits per heavy atom.